The zero-order valence-corrected chi connectivity index (χ0v) is 17.0. The Morgan fingerprint density at radius 1 is 1.19 bits per heavy atom. The van der Waals surface area contributed by atoms with Gasteiger partial charge < -0.3 is 20.3 Å². The first-order chi connectivity index (χ1) is 12.6. The first-order valence-electron chi connectivity index (χ1n) is 9.46. The summed E-state index contributed by atoms with van der Waals surface area (Å²) in [6, 6.07) is 1.94. The van der Waals surface area contributed by atoms with Gasteiger partial charge in [0.2, 0.25) is 11.9 Å². The Morgan fingerprint density at radius 3 is 2.44 bits per heavy atom. The number of ether oxygens (including phenoxy) is 1. The molecule has 0 saturated carbocycles. The van der Waals surface area contributed by atoms with Crippen LogP contribution in [0.4, 0.5) is 10.7 Å². The maximum atomic E-state index is 12.5. The van der Waals surface area contributed by atoms with Crippen LogP contribution >= 0.6 is 0 Å². The Morgan fingerprint density at radius 2 is 1.81 bits per heavy atom. The number of aromatic nitrogens is 2. The molecule has 1 fully saturated rings. The van der Waals surface area contributed by atoms with Gasteiger partial charge in [0, 0.05) is 37.6 Å². The fourth-order valence-electron chi connectivity index (χ4n) is 3.03. The first kappa shape index (κ1) is 20.9. The highest BCUT2D eigenvalue weighted by Crippen LogP contribution is 2.21. The number of nitrogens with one attached hydrogen (secondary N) is 2. The summed E-state index contributed by atoms with van der Waals surface area (Å²) in [7, 11) is 0. The molecule has 0 aromatic carbocycles. The van der Waals surface area contributed by atoms with Crippen molar-refractivity contribution in [1.82, 2.24) is 20.6 Å². The normalized spacial score (nSPS) is 17.4. The number of alkyl carbamates (subject to hydrolysis) is 1. The molecule has 0 spiro atoms. The Balaban J connectivity index is 1.78. The van der Waals surface area contributed by atoms with Crippen molar-refractivity contribution in [3.63, 3.8) is 0 Å². The molecule has 0 unspecified atom stereocenters. The number of amides is 2. The molecule has 1 atom stereocenters. The van der Waals surface area contributed by atoms with Crippen molar-refractivity contribution in [2.24, 2.45) is 5.92 Å². The van der Waals surface area contributed by atoms with E-state index in [9.17, 15) is 9.59 Å². The lowest BCUT2D eigenvalue weighted by Crippen LogP contribution is -2.45. The fourth-order valence-corrected chi connectivity index (χ4v) is 3.03. The molecule has 1 aromatic rings. The predicted octanol–water partition coefficient (Wildman–Crippen LogP) is 1.95. The van der Waals surface area contributed by atoms with E-state index >= 15 is 0 Å². The van der Waals surface area contributed by atoms with Gasteiger partial charge in [-0.2, -0.15) is 0 Å². The third kappa shape index (κ3) is 7.03. The van der Waals surface area contributed by atoms with E-state index in [1.165, 1.54) is 0 Å². The van der Waals surface area contributed by atoms with Crippen molar-refractivity contribution >= 4 is 17.9 Å². The second-order valence-corrected chi connectivity index (χ2v) is 7.96. The zero-order valence-electron chi connectivity index (χ0n) is 17.0. The highest BCUT2D eigenvalue weighted by Gasteiger charge is 2.27. The predicted molar refractivity (Wildman–Crippen MR) is 104 cm³/mol. The second kappa shape index (κ2) is 9.01. The highest BCUT2D eigenvalue weighted by molar-refractivity contribution is 5.79. The summed E-state index contributed by atoms with van der Waals surface area (Å²) in [6.07, 6.45) is 1.28. The van der Waals surface area contributed by atoms with Gasteiger partial charge in [0.05, 0.1) is 5.92 Å². The van der Waals surface area contributed by atoms with Gasteiger partial charge in [0.1, 0.15) is 5.60 Å². The number of rotatable bonds is 5. The molecule has 150 valence electrons. The van der Waals surface area contributed by atoms with Crippen LogP contribution in [-0.2, 0) is 9.53 Å². The number of hydrogen-bond donors (Lipinski definition) is 2. The molecule has 2 heterocycles. The van der Waals surface area contributed by atoms with Gasteiger partial charge in [-0.15, -0.1) is 0 Å². The third-order valence-electron chi connectivity index (χ3n) is 4.14. The molecular weight excluding hydrogens is 346 g/mol. The van der Waals surface area contributed by atoms with Crippen molar-refractivity contribution in [1.29, 1.82) is 0 Å². The quantitative estimate of drug-likeness (QED) is 0.762. The Bertz CT molecular complexity index is 652. The Hall–Kier alpha value is -2.38. The molecule has 8 heteroatoms. The third-order valence-corrected chi connectivity index (χ3v) is 4.14. The molecule has 0 aliphatic carbocycles. The van der Waals surface area contributed by atoms with Crippen molar-refractivity contribution in [2.75, 3.05) is 31.1 Å². The van der Waals surface area contributed by atoms with Crippen LogP contribution in [-0.4, -0.2) is 53.7 Å². The van der Waals surface area contributed by atoms with Crippen molar-refractivity contribution in [3.8, 4) is 0 Å². The maximum absolute atomic E-state index is 12.5. The number of piperidine rings is 1. The van der Waals surface area contributed by atoms with Crippen molar-refractivity contribution < 1.29 is 14.3 Å². The van der Waals surface area contributed by atoms with E-state index in [0.717, 1.165) is 30.8 Å². The van der Waals surface area contributed by atoms with E-state index in [2.05, 4.69) is 25.5 Å². The summed E-state index contributed by atoms with van der Waals surface area (Å²) in [5.74, 6) is 0.580. The minimum Gasteiger partial charge on any atom is -0.444 e. The van der Waals surface area contributed by atoms with Crippen LogP contribution in [0.5, 0.6) is 0 Å². The van der Waals surface area contributed by atoms with Crippen LogP contribution in [0.15, 0.2) is 6.07 Å². The molecule has 1 aliphatic heterocycles. The number of hydrogen-bond acceptors (Lipinski definition) is 6. The van der Waals surface area contributed by atoms with E-state index in [4.69, 9.17) is 4.74 Å². The van der Waals surface area contributed by atoms with Gasteiger partial charge in [0.25, 0.3) is 0 Å². The summed E-state index contributed by atoms with van der Waals surface area (Å²) in [6.45, 7) is 11.5. The number of nitrogens with zero attached hydrogens (tertiary/aromatic N) is 3. The largest absolute Gasteiger partial charge is 0.444 e. The smallest absolute Gasteiger partial charge is 0.407 e. The van der Waals surface area contributed by atoms with Crippen LogP contribution in [0.1, 0.15) is 45.0 Å². The lowest BCUT2D eigenvalue weighted by Gasteiger charge is -2.32. The second-order valence-electron chi connectivity index (χ2n) is 7.96. The minimum absolute atomic E-state index is 0.00457. The average molecular weight is 377 g/mol. The topological polar surface area (TPSA) is 96.5 Å². The SMILES string of the molecule is Cc1cc(C)nc(N2CCC[C@H](C(=O)NCCNC(=O)OC(C)(C)C)C2)n1. The highest BCUT2D eigenvalue weighted by atomic mass is 16.6. The van der Waals surface area contributed by atoms with E-state index in [0.29, 0.717) is 25.6 Å². The molecule has 2 amide bonds. The summed E-state index contributed by atoms with van der Waals surface area (Å²) in [4.78, 5) is 35.1. The molecule has 8 nitrogen and oxygen atoms in total. The van der Waals surface area contributed by atoms with Gasteiger partial charge in [-0.1, -0.05) is 0 Å². The summed E-state index contributed by atoms with van der Waals surface area (Å²) < 4.78 is 5.16. The van der Waals surface area contributed by atoms with Gasteiger partial charge >= 0.3 is 6.09 Å². The van der Waals surface area contributed by atoms with Crippen molar-refractivity contribution in [3.05, 3.63) is 17.5 Å². The van der Waals surface area contributed by atoms with Gasteiger partial charge in [0.15, 0.2) is 0 Å². The number of carbonyl (C=O) groups is 2. The monoisotopic (exact) mass is 377 g/mol. The van der Waals surface area contributed by atoms with Crippen LogP contribution < -0.4 is 15.5 Å². The molecule has 2 rings (SSSR count). The molecule has 1 aromatic heterocycles. The lowest BCUT2D eigenvalue weighted by molar-refractivity contribution is -0.125. The zero-order chi connectivity index (χ0) is 20.0. The maximum Gasteiger partial charge on any atom is 0.407 e. The van der Waals surface area contributed by atoms with Crippen LogP contribution in [0, 0.1) is 19.8 Å². The lowest BCUT2D eigenvalue weighted by atomic mass is 9.97. The average Bonchev–Trinajstić information content (AvgIpc) is 2.56. The molecule has 27 heavy (non-hydrogen) atoms. The number of aryl methyl sites for hydroxylation is 2. The van der Waals surface area contributed by atoms with Gasteiger partial charge in [-0.3, -0.25) is 4.79 Å². The van der Waals surface area contributed by atoms with Gasteiger partial charge in [-0.05, 0) is 53.5 Å². The molecule has 2 N–H and O–H groups in total. The van der Waals surface area contributed by atoms with E-state index in [1.54, 1.807) is 0 Å². The summed E-state index contributed by atoms with van der Waals surface area (Å²) in [5.41, 5.74) is 1.32. The van der Waals surface area contributed by atoms with E-state index < -0.39 is 11.7 Å². The van der Waals surface area contributed by atoms with E-state index in [1.807, 2.05) is 40.7 Å². The Kier molecular flexibility index (Phi) is 6.98. The van der Waals surface area contributed by atoms with Crippen LogP contribution in [0.2, 0.25) is 0 Å². The number of anilines is 1. The fraction of sp³-hybridized carbons (Fsp3) is 0.684. The molecule has 0 bridgehead atoms. The van der Waals surface area contributed by atoms with E-state index in [-0.39, 0.29) is 11.8 Å². The number of carbonyl (C=O) groups excluding carboxylic acids is 2. The standard InChI is InChI=1S/C19H31N5O3/c1-13-11-14(2)23-17(22-13)24-10-6-7-15(12-24)16(25)20-8-9-21-18(26)27-19(3,4)5/h11,15H,6-10,12H2,1-5H3,(H,20,25)(H,21,26)/t15-/m0/s1. The molecular formula is C19H31N5O3. The minimum atomic E-state index is -0.533. The summed E-state index contributed by atoms with van der Waals surface area (Å²) >= 11 is 0. The summed E-state index contributed by atoms with van der Waals surface area (Å²) in [5, 5.41) is 5.53. The van der Waals surface area contributed by atoms with Crippen LogP contribution in [0.3, 0.4) is 0 Å². The Labute approximate surface area is 161 Å². The molecule has 0 radical (unpaired) electrons. The van der Waals surface area contributed by atoms with Crippen LogP contribution in [0.25, 0.3) is 0 Å². The first-order valence-corrected chi connectivity index (χ1v) is 9.46. The molecule has 1 saturated heterocycles. The van der Waals surface area contributed by atoms with Crippen molar-refractivity contribution in [2.45, 2.75) is 53.1 Å². The van der Waals surface area contributed by atoms with Gasteiger partial charge in [-0.25, -0.2) is 14.8 Å². The molecule has 1 aliphatic rings.